The molecule has 0 bridgehead atoms. The second kappa shape index (κ2) is 7.08. The molecular weight excluding hydrogens is 338 g/mol. The fourth-order valence-electron chi connectivity index (χ4n) is 3.68. The number of carbonyl (C=O) groups is 1. The molecule has 0 saturated heterocycles. The Morgan fingerprint density at radius 2 is 1.81 bits per heavy atom. The third-order valence-electron chi connectivity index (χ3n) is 4.94. The van der Waals surface area contributed by atoms with Crippen molar-refractivity contribution in [1.29, 1.82) is 0 Å². The van der Waals surface area contributed by atoms with Gasteiger partial charge in [0.15, 0.2) is 5.78 Å². The number of guanidine groups is 1. The summed E-state index contributed by atoms with van der Waals surface area (Å²) in [5, 5.41) is 0. The summed E-state index contributed by atoms with van der Waals surface area (Å²) in [5.74, 6) is 0.724. The summed E-state index contributed by atoms with van der Waals surface area (Å²) in [5.41, 5.74) is 6.20. The maximum Gasteiger partial charge on any atom is 0.226 e. The minimum Gasteiger partial charge on any atom is -0.380 e. The fraction of sp³-hybridized carbons (Fsp3) is 0.318. The lowest BCUT2D eigenvalue weighted by atomic mass is 9.79. The molecule has 5 nitrogen and oxygen atoms in total. The molecule has 0 N–H and O–H groups in total. The highest BCUT2D eigenvalue weighted by molar-refractivity contribution is 6.34. The monoisotopic (exact) mass is 361 g/mol. The Morgan fingerprint density at radius 1 is 1.07 bits per heavy atom. The van der Waals surface area contributed by atoms with Gasteiger partial charge in [0.05, 0.1) is 6.61 Å². The van der Waals surface area contributed by atoms with Crippen molar-refractivity contribution in [3.8, 4) is 0 Å². The number of nitrogens with zero attached hydrogens (tertiary/aromatic N) is 3. The van der Waals surface area contributed by atoms with Crippen LogP contribution in [0.2, 0.25) is 0 Å². The van der Waals surface area contributed by atoms with Crippen molar-refractivity contribution in [2.45, 2.75) is 25.9 Å². The van der Waals surface area contributed by atoms with E-state index in [1.165, 1.54) is 0 Å². The molecule has 1 heterocycles. The average molecular weight is 361 g/mol. The maximum absolute atomic E-state index is 13.3. The van der Waals surface area contributed by atoms with Gasteiger partial charge >= 0.3 is 0 Å². The largest absolute Gasteiger partial charge is 0.380 e. The van der Waals surface area contributed by atoms with E-state index in [4.69, 9.17) is 14.7 Å². The first-order valence-corrected chi connectivity index (χ1v) is 9.19. The maximum atomic E-state index is 13.3. The van der Waals surface area contributed by atoms with Crippen molar-refractivity contribution in [3.63, 3.8) is 0 Å². The van der Waals surface area contributed by atoms with Crippen LogP contribution in [0.3, 0.4) is 0 Å². The van der Waals surface area contributed by atoms with Crippen LogP contribution in [-0.4, -0.2) is 43.6 Å². The second-order valence-electron chi connectivity index (χ2n) is 7.17. The number of rotatable bonds is 4. The number of fused-ring (bicyclic) bond motifs is 3. The number of aliphatic imine (C=N–C) groups is 2. The van der Waals surface area contributed by atoms with E-state index in [2.05, 4.69) is 12.1 Å². The molecule has 138 valence electrons. The van der Waals surface area contributed by atoms with E-state index in [-0.39, 0.29) is 5.78 Å². The Labute approximate surface area is 159 Å². The van der Waals surface area contributed by atoms with E-state index in [1.54, 1.807) is 7.11 Å². The van der Waals surface area contributed by atoms with Gasteiger partial charge in [-0.2, -0.15) is 0 Å². The van der Waals surface area contributed by atoms with Gasteiger partial charge in [-0.3, -0.25) is 4.79 Å². The number of benzene rings is 1. The van der Waals surface area contributed by atoms with Gasteiger partial charge in [0.1, 0.15) is 11.4 Å². The normalized spacial score (nSPS) is 18.4. The summed E-state index contributed by atoms with van der Waals surface area (Å²) in [6.07, 6.45) is 6.54. The van der Waals surface area contributed by atoms with Crippen LogP contribution in [0.1, 0.15) is 24.0 Å². The van der Waals surface area contributed by atoms with Gasteiger partial charge in [0, 0.05) is 44.3 Å². The van der Waals surface area contributed by atoms with Gasteiger partial charge in [-0.05, 0) is 24.0 Å². The van der Waals surface area contributed by atoms with E-state index in [9.17, 15) is 4.79 Å². The Balaban J connectivity index is 1.80. The highest BCUT2D eigenvalue weighted by Crippen LogP contribution is 2.36. The standard InChI is InChI=1S/C22H23N3O2/c1-25(2)22-23-19-16-9-4-5-10-17(16)21(26)18(20(19)24-22)12-14-7-6-8-15(11-14)13-27-3/h6-11H,4-5,12-13H2,1-3H3. The van der Waals surface area contributed by atoms with Crippen molar-refractivity contribution in [1.82, 2.24) is 4.90 Å². The Hall–Kier alpha value is -2.79. The molecule has 0 aromatic heterocycles. The molecule has 5 heteroatoms. The number of hydrogen-bond donors (Lipinski definition) is 0. The summed E-state index contributed by atoms with van der Waals surface area (Å²) in [7, 11) is 5.52. The van der Waals surface area contributed by atoms with Gasteiger partial charge in [-0.1, -0.05) is 36.4 Å². The summed E-state index contributed by atoms with van der Waals surface area (Å²) in [4.78, 5) is 24.6. The highest BCUT2D eigenvalue weighted by Gasteiger charge is 2.37. The molecule has 0 amide bonds. The summed E-state index contributed by atoms with van der Waals surface area (Å²) in [6.45, 7) is 0.557. The zero-order valence-corrected chi connectivity index (χ0v) is 16.0. The molecular formula is C22H23N3O2. The first-order valence-electron chi connectivity index (χ1n) is 9.19. The predicted molar refractivity (Wildman–Crippen MR) is 107 cm³/mol. The van der Waals surface area contributed by atoms with Crippen molar-refractivity contribution < 1.29 is 9.53 Å². The van der Waals surface area contributed by atoms with Crippen LogP contribution in [0.4, 0.5) is 0 Å². The molecule has 1 aromatic rings. The number of ether oxygens (including phenoxy) is 1. The lowest BCUT2D eigenvalue weighted by Gasteiger charge is -2.23. The second-order valence-corrected chi connectivity index (χ2v) is 7.17. The van der Waals surface area contributed by atoms with Gasteiger partial charge in [-0.15, -0.1) is 0 Å². The lowest BCUT2D eigenvalue weighted by molar-refractivity contribution is -0.112. The number of Topliss-reactive ketones (excluding diaryl/α,β-unsaturated/α-hetero) is 1. The molecule has 27 heavy (non-hydrogen) atoms. The Bertz CT molecular complexity index is 962. The first-order chi connectivity index (χ1) is 13.1. The van der Waals surface area contributed by atoms with Crippen molar-refractivity contribution in [3.05, 3.63) is 70.0 Å². The van der Waals surface area contributed by atoms with E-state index >= 15 is 0 Å². The molecule has 0 saturated carbocycles. The van der Waals surface area contributed by atoms with E-state index in [0.29, 0.717) is 19.0 Å². The van der Waals surface area contributed by atoms with Crippen LogP contribution in [0, 0.1) is 0 Å². The molecule has 2 aliphatic carbocycles. The number of ketones is 1. The van der Waals surface area contributed by atoms with E-state index in [0.717, 1.165) is 52.1 Å². The zero-order valence-electron chi connectivity index (χ0n) is 16.0. The SMILES string of the molecule is COCc1cccc(CC2=C3N=C(N(C)C)N=C3C3=CCCC=C3C2=O)c1. The topological polar surface area (TPSA) is 54.3 Å². The predicted octanol–water partition coefficient (Wildman–Crippen LogP) is 3.23. The molecule has 0 unspecified atom stereocenters. The minimum atomic E-state index is 0.0794. The molecule has 4 rings (SSSR count). The molecule has 0 fully saturated rings. The van der Waals surface area contributed by atoms with Crippen molar-refractivity contribution in [2.75, 3.05) is 21.2 Å². The number of carbonyl (C=O) groups excluding carboxylic acids is 1. The summed E-state index contributed by atoms with van der Waals surface area (Å²) in [6, 6.07) is 8.17. The van der Waals surface area contributed by atoms with Crippen LogP contribution in [0.5, 0.6) is 0 Å². The van der Waals surface area contributed by atoms with Gasteiger partial charge in [0.2, 0.25) is 5.96 Å². The van der Waals surface area contributed by atoms with Crippen LogP contribution >= 0.6 is 0 Å². The average Bonchev–Trinajstić information content (AvgIpc) is 3.12. The molecule has 1 aromatic carbocycles. The zero-order chi connectivity index (χ0) is 19.0. The number of hydrogen-bond acceptors (Lipinski definition) is 5. The minimum absolute atomic E-state index is 0.0794. The van der Waals surface area contributed by atoms with Crippen LogP contribution < -0.4 is 0 Å². The molecule has 3 aliphatic rings. The van der Waals surface area contributed by atoms with Gasteiger partial charge in [-0.25, -0.2) is 9.98 Å². The highest BCUT2D eigenvalue weighted by atomic mass is 16.5. The van der Waals surface area contributed by atoms with Gasteiger partial charge < -0.3 is 9.64 Å². The number of methoxy groups -OCH3 is 1. The third kappa shape index (κ3) is 3.19. The Morgan fingerprint density at radius 3 is 2.56 bits per heavy atom. The van der Waals surface area contributed by atoms with Crippen LogP contribution in [0.15, 0.2) is 68.8 Å². The fourth-order valence-corrected chi connectivity index (χ4v) is 3.68. The van der Waals surface area contributed by atoms with Crippen LogP contribution in [-0.2, 0) is 22.6 Å². The molecule has 0 atom stereocenters. The third-order valence-corrected chi connectivity index (χ3v) is 4.94. The smallest absolute Gasteiger partial charge is 0.226 e. The van der Waals surface area contributed by atoms with Crippen molar-refractivity contribution >= 4 is 17.5 Å². The molecule has 1 aliphatic heterocycles. The Kier molecular flexibility index (Phi) is 4.62. The number of allylic oxidation sites excluding steroid dienone is 5. The van der Waals surface area contributed by atoms with Crippen LogP contribution in [0.25, 0.3) is 0 Å². The molecule has 0 spiro atoms. The first kappa shape index (κ1) is 17.6. The lowest BCUT2D eigenvalue weighted by Crippen LogP contribution is -2.25. The van der Waals surface area contributed by atoms with Crippen molar-refractivity contribution in [2.24, 2.45) is 9.98 Å². The van der Waals surface area contributed by atoms with E-state index < -0.39 is 0 Å². The van der Waals surface area contributed by atoms with Gasteiger partial charge in [0.25, 0.3) is 0 Å². The van der Waals surface area contributed by atoms with E-state index in [1.807, 2.05) is 43.3 Å². The summed E-state index contributed by atoms with van der Waals surface area (Å²) >= 11 is 0. The summed E-state index contributed by atoms with van der Waals surface area (Å²) < 4.78 is 5.23. The molecule has 0 radical (unpaired) electrons. The quantitative estimate of drug-likeness (QED) is 0.827.